The first kappa shape index (κ1) is 34.6. The van der Waals surface area contributed by atoms with Gasteiger partial charge >= 0.3 is 0 Å². The molecular formula is C43H44F2N6O2. The van der Waals surface area contributed by atoms with Crippen LogP contribution in [0.15, 0.2) is 115 Å². The number of pyridine rings is 1. The van der Waals surface area contributed by atoms with Gasteiger partial charge in [-0.2, -0.15) is 10.1 Å². The molecule has 4 aromatic carbocycles. The van der Waals surface area contributed by atoms with Crippen molar-refractivity contribution in [2.24, 2.45) is 7.05 Å². The number of hydrogen-bond donors (Lipinski definition) is 0. The molecule has 10 heteroatoms. The van der Waals surface area contributed by atoms with Crippen LogP contribution in [0.25, 0.3) is 22.2 Å². The van der Waals surface area contributed by atoms with Gasteiger partial charge in [-0.15, -0.1) is 0 Å². The molecule has 8 nitrogen and oxygen atoms in total. The third-order valence-electron chi connectivity index (χ3n) is 10.4. The van der Waals surface area contributed by atoms with Gasteiger partial charge in [0.25, 0.3) is 5.92 Å². The fourth-order valence-electron chi connectivity index (χ4n) is 7.65. The van der Waals surface area contributed by atoms with Crippen molar-refractivity contribution in [3.63, 3.8) is 0 Å². The molecule has 8 rings (SSSR count). The van der Waals surface area contributed by atoms with E-state index in [1.54, 1.807) is 0 Å². The van der Waals surface area contributed by atoms with Gasteiger partial charge in [0.15, 0.2) is 0 Å². The normalized spacial score (nSPS) is 17.6. The first-order valence-corrected chi connectivity index (χ1v) is 18.3. The molecule has 2 aliphatic heterocycles. The zero-order valence-corrected chi connectivity index (χ0v) is 30.2. The van der Waals surface area contributed by atoms with Crippen molar-refractivity contribution >= 4 is 22.3 Å². The van der Waals surface area contributed by atoms with Gasteiger partial charge in [0.2, 0.25) is 11.8 Å². The van der Waals surface area contributed by atoms with E-state index >= 15 is 8.78 Å². The third kappa shape index (κ3) is 7.41. The zero-order valence-electron chi connectivity index (χ0n) is 30.2. The number of halogens is 2. The van der Waals surface area contributed by atoms with Crippen LogP contribution in [0.4, 0.5) is 20.2 Å². The largest absolute Gasteiger partial charge is 0.473 e. The van der Waals surface area contributed by atoms with E-state index in [0.29, 0.717) is 64.1 Å². The Morgan fingerprint density at radius 1 is 0.717 bits per heavy atom. The van der Waals surface area contributed by atoms with Crippen LogP contribution >= 0.6 is 0 Å². The highest BCUT2D eigenvalue weighted by molar-refractivity contribution is 6.01. The molecular weight excluding hydrogens is 671 g/mol. The molecule has 0 N–H and O–H groups in total. The Bertz CT molecular complexity index is 2150. The fourth-order valence-corrected chi connectivity index (χ4v) is 7.65. The third-order valence-corrected chi connectivity index (χ3v) is 10.4. The lowest BCUT2D eigenvalue weighted by Crippen LogP contribution is -2.62. The standard InChI is InChI=1S/C43H44F2N6O2/c1-31-16-18-34(19-17-31)51-23-22-38(43(44,45)30-51)50-26-24-49(25-27-50)37-15-9-14-35-40(47-48(2)41(35)37)36-20-21-39(52-28-32-10-5-3-6-11-32)46-42(36)53-29-33-12-7-4-8-13-33/h3-21,38H,22-30H2,1-2H3/t38-/m1/s1. The Kier molecular flexibility index (Phi) is 9.71. The highest BCUT2D eigenvalue weighted by atomic mass is 19.3. The molecule has 0 bridgehead atoms. The Balaban J connectivity index is 1.01. The van der Waals surface area contributed by atoms with E-state index in [1.807, 2.05) is 132 Å². The van der Waals surface area contributed by atoms with Crippen molar-refractivity contribution in [3.05, 3.63) is 132 Å². The van der Waals surface area contributed by atoms with Crippen LogP contribution in [0.1, 0.15) is 23.1 Å². The Hall–Kier alpha value is -5.48. The summed E-state index contributed by atoms with van der Waals surface area (Å²) in [6.07, 6.45) is 0.431. The number of fused-ring (bicyclic) bond motifs is 1. The molecule has 1 atom stereocenters. The predicted molar refractivity (Wildman–Crippen MR) is 206 cm³/mol. The number of anilines is 2. The van der Waals surface area contributed by atoms with Gasteiger partial charge in [-0.05, 0) is 48.7 Å². The molecule has 0 radical (unpaired) electrons. The SMILES string of the molecule is Cc1ccc(N2CC[C@@H](N3CCN(c4cccc5c(-c6ccc(OCc7ccccc7)nc6OCc6ccccc6)nn(C)c45)CC3)C(F)(F)C2)cc1. The number of aromatic nitrogens is 3. The first-order chi connectivity index (χ1) is 25.8. The Morgan fingerprint density at radius 3 is 2.08 bits per heavy atom. The molecule has 2 aromatic heterocycles. The number of alkyl halides is 2. The van der Waals surface area contributed by atoms with E-state index in [-0.39, 0.29) is 6.54 Å². The second-order valence-electron chi connectivity index (χ2n) is 14.0. The summed E-state index contributed by atoms with van der Waals surface area (Å²) < 4.78 is 45.8. The van der Waals surface area contributed by atoms with Crippen molar-refractivity contribution in [2.45, 2.75) is 38.5 Å². The summed E-state index contributed by atoms with van der Waals surface area (Å²) in [5, 5.41) is 5.98. The summed E-state index contributed by atoms with van der Waals surface area (Å²) in [7, 11) is 1.95. The van der Waals surface area contributed by atoms with Crippen molar-refractivity contribution in [3.8, 4) is 23.0 Å². The van der Waals surface area contributed by atoms with E-state index in [2.05, 4.69) is 17.0 Å². The van der Waals surface area contributed by atoms with Gasteiger partial charge in [0.05, 0.1) is 29.4 Å². The van der Waals surface area contributed by atoms with Crippen molar-refractivity contribution < 1.29 is 18.3 Å². The molecule has 2 saturated heterocycles. The van der Waals surface area contributed by atoms with Crippen LogP contribution in [-0.2, 0) is 20.3 Å². The summed E-state index contributed by atoms with van der Waals surface area (Å²) in [4.78, 5) is 11.0. The molecule has 6 aromatic rings. The number of piperazine rings is 1. The van der Waals surface area contributed by atoms with Gasteiger partial charge < -0.3 is 19.3 Å². The topological polar surface area (TPSA) is 58.9 Å². The number of piperidine rings is 1. The second kappa shape index (κ2) is 14.9. The molecule has 4 heterocycles. The minimum atomic E-state index is -2.81. The smallest absolute Gasteiger partial charge is 0.280 e. The maximum Gasteiger partial charge on any atom is 0.280 e. The number of ether oxygens (including phenoxy) is 2. The average Bonchev–Trinajstić information content (AvgIpc) is 3.53. The number of nitrogens with zero attached hydrogens (tertiary/aromatic N) is 6. The lowest BCUT2D eigenvalue weighted by molar-refractivity contribution is -0.0891. The minimum absolute atomic E-state index is 0.260. The van der Waals surface area contributed by atoms with Gasteiger partial charge in [-0.1, -0.05) is 90.5 Å². The van der Waals surface area contributed by atoms with Crippen LogP contribution in [-0.4, -0.2) is 70.9 Å². The van der Waals surface area contributed by atoms with E-state index in [9.17, 15) is 0 Å². The monoisotopic (exact) mass is 714 g/mol. The highest BCUT2D eigenvalue weighted by Gasteiger charge is 2.48. The molecule has 0 spiro atoms. The van der Waals surface area contributed by atoms with Crippen LogP contribution in [0.5, 0.6) is 11.8 Å². The molecule has 2 fully saturated rings. The first-order valence-electron chi connectivity index (χ1n) is 18.3. The molecule has 0 saturated carbocycles. The summed E-state index contributed by atoms with van der Waals surface area (Å²) in [5.41, 5.74) is 7.59. The highest BCUT2D eigenvalue weighted by Crippen LogP contribution is 2.39. The number of benzene rings is 4. The lowest BCUT2D eigenvalue weighted by atomic mass is 9.97. The van der Waals surface area contributed by atoms with Gasteiger partial charge in [0, 0.05) is 56.9 Å². The van der Waals surface area contributed by atoms with E-state index in [0.717, 1.165) is 50.2 Å². The minimum Gasteiger partial charge on any atom is -0.473 e. The zero-order chi connectivity index (χ0) is 36.4. The number of hydrogen-bond acceptors (Lipinski definition) is 7. The quantitative estimate of drug-likeness (QED) is 0.142. The summed E-state index contributed by atoms with van der Waals surface area (Å²) in [6.45, 7) is 5.53. The maximum absolute atomic E-state index is 15.7. The van der Waals surface area contributed by atoms with Gasteiger partial charge in [0.1, 0.15) is 18.9 Å². The second-order valence-corrected chi connectivity index (χ2v) is 14.0. The van der Waals surface area contributed by atoms with Crippen molar-refractivity contribution in [1.29, 1.82) is 0 Å². The summed E-state index contributed by atoms with van der Waals surface area (Å²) in [5.74, 6) is -1.91. The van der Waals surface area contributed by atoms with E-state index in [4.69, 9.17) is 19.6 Å². The maximum atomic E-state index is 15.7. The average molecular weight is 715 g/mol. The number of para-hydroxylation sites is 1. The molecule has 2 aliphatic rings. The molecule has 0 aliphatic carbocycles. The van der Waals surface area contributed by atoms with Gasteiger partial charge in [-0.25, -0.2) is 8.78 Å². The van der Waals surface area contributed by atoms with Crippen LogP contribution < -0.4 is 19.3 Å². The summed E-state index contributed by atoms with van der Waals surface area (Å²) in [6, 6.07) is 37.1. The molecule has 53 heavy (non-hydrogen) atoms. The number of aryl methyl sites for hydroxylation is 2. The number of rotatable bonds is 10. The van der Waals surface area contributed by atoms with Crippen LogP contribution in [0, 0.1) is 6.92 Å². The van der Waals surface area contributed by atoms with Crippen LogP contribution in [0.2, 0.25) is 0 Å². The molecule has 272 valence electrons. The van der Waals surface area contributed by atoms with Crippen molar-refractivity contribution in [2.75, 3.05) is 49.1 Å². The predicted octanol–water partition coefficient (Wildman–Crippen LogP) is 8.14. The van der Waals surface area contributed by atoms with Crippen LogP contribution in [0.3, 0.4) is 0 Å². The fraction of sp³-hybridized carbons (Fsp3) is 0.302. The Labute approximate surface area is 309 Å². The van der Waals surface area contributed by atoms with Crippen molar-refractivity contribution in [1.82, 2.24) is 19.7 Å². The Morgan fingerprint density at radius 2 is 1.40 bits per heavy atom. The molecule has 0 unspecified atom stereocenters. The van der Waals surface area contributed by atoms with E-state index in [1.165, 1.54) is 0 Å². The van der Waals surface area contributed by atoms with Gasteiger partial charge in [-0.3, -0.25) is 9.58 Å². The molecule has 0 amide bonds. The van der Waals surface area contributed by atoms with E-state index < -0.39 is 12.0 Å². The summed E-state index contributed by atoms with van der Waals surface area (Å²) >= 11 is 0. The lowest BCUT2D eigenvalue weighted by Gasteiger charge is -2.47.